The van der Waals surface area contributed by atoms with Gasteiger partial charge in [0.25, 0.3) is 0 Å². The van der Waals surface area contributed by atoms with E-state index in [9.17, 15) is 9.59 Å². The van der Waals surface area contributed by atoms with Gasteiger partial charge in [-0.1, -0.05) is 65.8 Å². The van der Waals surface area contributed by atoms with Gasteiger partial charge in [0.15, 0.2) is 4.34 Å². The Balaban J connectivity index is 1.32. The second-order valence-electron chi connectivity index (χ2n) is 7.01. The predicted molar refractivity (Wildman–Crippen MR) is 134 cm³/mol. The molecule has 162 valence electrons. The fourth-order valence-electron chi connectivity index (χ4n) is 3.05. The molecule has 0 aliphatic rings. The van der Waals surface area contributed by atoms with Crippen molar-refractivity contribution in [1.82, 2.24) is 4.98 Å². The minimum absolute atomic E-state index is 0.0245. The van der Waals surface area contributed by atoms with Crippen molar-refractivity contribution in [3.8, 4) is 0 Å². The van der Waals surface area contributed by atoms with Gasteiger partial charge < -0.3 is 10.6 Å². The SMILES string of the molecule is O=C(CCc1ccccc1)Nc1ccc2nc(SCC(=O)Nc3ccccc3Cl)sc2c1. The molecular weight excluding hydrogens is 462 g/mol. The largest absolute Gasteiger partial charge is 0.326 e. The number of carbonyl (C=O) groups excluding carboxylic acids is 2. The Morgan fingerprint density at radius 2 is 1.72 bits per heavy atom. The number of para-hydroxylation sites is 1. The molecule has 32 heavy (non-hydrogen) atoms. The third kappa shape index (κ3) is 6.09. The lowest BCUT2D eigenvalue weighted by molar-refractivity contribution is -0.116. The molecule has 2 amide bonds. The Bertz CT molecular complexity index is 1240. The van der Waals surface area contributed by atoms with E-state index in [1.165, 1.54) is 23.1 Å². The van der Waals surface area contributed by atoms with E-state index in [1.54, 1.807) is 12.1 Å². The van der Waals surface area contributed by atoms with Crippen LogP contribution in [0.25, 0.3) is 10.2 Å². The van der Waals surface area contributed by atoms with Crippen molar-refractivity contribution >= 4 is 68.1 Å². The minimum atomic E-state index is -0.145. The molecule has 0 aliphatic carbocycles. The number of hydrogen-bond acceptors (Lipinski definition) is 5. The number of anilines is 2. The van der Waals surface area contributed by atoms with E-state index in [1.807, 2.05) is 60.7 Å². The molecule has 4 aromatic rings. The van der Waals surface area contributed by atoms with Crippen LogP contribution in [-0.4, -0.2) is 22.6 Å². The average Bonchev–Trinajstić information content (AvgIpc) is 3.21. The van der Waals surface area contributed by atoms with Crippen LogP contribution in [0.3, 0.4) is 0 Å². The number of aryl methyl sites for hydroxylation is 1. The fraction of sp³-hybridized carbons (Fsp3) is 0.125. The summed E-state index contributed by atoms with van der Waals surface area (Å²) in [6, 6.07) is 22.7. The second kappa shape index (κ2) is 10.6. The zero-order valence-electron chi connectivity index (χ0n) is 17.0. The number of hydrogen-bond donors (Lipinski definition) is 2. The summed E-state index contributed by atoms with van der Waals surface area (Å²) in [6.07, 6.45) is 1.12. The van der Waals surface area contributed by atoms with Crippen LogP contribution < -0.4 is 10.6 Å². The highest BCUT2D eigenvalue weighted by Crippen LogP contribution is 2.31. The van der Waals surface area contributed by atoms with Gasteiger partial charge >= 0.3 is 0 Å². The summed E-state index contributed by atoms with van der Waals surface area (Å²) in [6.45, 7) is 0. The van der Waals surface area contributed by atoms with E-state index < -0.39 is 0 Å². The predicted octanol–water partition coefficient (Wildman–Crippen LogP) is 6.25. The number of fused-ring (bicyclic) bond motifs is 1. The summed E-state index contributed by atoms with van der Waals surface area (Å²) in [4.78, 5) is 29.1. The standard InChI is InChI=1S/C24H20ClN3O2S2/c25-18-8-4-5-9-19(18)27-23(30)15-31-24-28-20-12-11-17(14-21(20)32-24)26-22(29)13-10-16-6-2-1-3-7-16/h1-9,11-12,14H,10,13,15H2,(H,26,29)(H,27,30). The first-order chi connectivity index (χ1) is 15.6. The van der Waals surface area contributed by atoms with Gasteiger partial charge in [0.1, 0.15) is 0 Å². The Labute approximate surface area is 199 Å². The van der Waals surface area contributed by atoms with Crippen LogP contribution in [0.5, 0.6) is 0 Å². The highest BCUT2D eigenvalue weighted by atomic mass is 35.5. The third-order valence-corrected chi connectivity index (χ3v) is 7.10. The molecule has 0 atom stereocenters. The third-order valence-electron chi connectivity index (χ3n) is 4.61. The van der Waals surface area contributed by atoms with Crippen LogP contribution in [0, 0.1) is 0 Å². The maximum absolute atomic E-state index is 12.3. The molecule has 0 aliphatic heterocycles. The van der Waals surface area contributed by atoms with Gasteiger partial charge in [-0.2, -0.15) is 0 Å². The lowest BCUT2D eigenvalue weighted by Gasteiger charge is -2.05. The Morgan fingerprint density at radius 1 is 0.938 bits per heavy atom. The van der Waals surface area contributed by atoms with Crippen molar-refractivity contribution in [3.63, 3.8) is 0 Å². The van der Waals surface area contributed by atoms with Crippen LogP contribution in [0.1, 0.15) is 12.0 Å². The van der Waals surface area contributed by atoms with E-state index in [2.05, 4.69) is 15.6 Å². The molecule has 0 bridgehead atoms. The van der Waals surface area contributed by atoms with Crippen molar-refractivity contribution in [2.24, 2.45) is 0 Å². The molecule has 8 heteroatoms. The minimum Gasteiger partial charge on any atom is -0.326 e. The number of benzene rings is 3. The lowest BCUT2D eigenvalue weighted by atomic mass is 10.1. The highest BCUT2D eigenvalue weighted by Gasteiger charge is 2.11. The van der Waals surface area contributed by atoms with E-state index in [0.29, 0.717) is 23.6 Å². The zero-order valence-corrected chi connectivity index (χ0v) is 19.4. The molecule has 0 spiro atoms. The molecule has 5 nitrogen and oxygen atoms in total. The topological polar surface area (TPSA) is 71.1 Å². The number of nitrogens with zero attached hydrogens (tertiary/aromatic N) is 1. The van der Waals surface area contributed by atoms with E-state index in [0.717, 1.165) is 25.8 Å². The molecule has 2 N–H and O–H groups in total. The molecule has 4 rings (SSSR count). The summed E-state index contributed by atoms with van der Waals surface area (Å²) in [5.41, 5.74) is 3.32. The molecule has 0 saturated heterocycles. The number of halogens is 1. The molecular formula is C24H20ClN3O2S2. The first kappa shape index (κ1) is 22.3. The van der Waals surface area contributed by atoms with Gasteiger partial charge in [-0.15, -0.1) is 11.3 Å². The zero-order chi connectivity index (χ0) is 22.3. The van der Waals surface area contributed by atoms with Crippen molar-refractivity contribution in [3.05, 3.63) is 83.4 Å². The fourth-order valence-corrected chi connectivity index (χ4v) is 5.14. The lowest BCUT2D eigenvalue weighted by Crippen LogP contribution is -2.14. The first-order valence-corrected chi connectivity index (χ1v) is 12.2. The molecule has 0 saturated carbocycles. The van der Waals surface area contributed by atoms with Crippen LogP contribution in [0.15, 0.2) is 77.1 Å². The maximum Gasteiger partial charge on any atom is 0.234 e. The Hall–Kier alpha value is -2.87. The highest BCUT2D eigenvalue weighted by molar-refractivity contribution is 8.01. The average molecular weight is 482 g/mol. The molecule has 1 heterocycles. The van der Waals surface area contributed by atoms with Gasteiger partial charge in [-0.3, -0.25) is 9.59 Å². The van der Waals surface area contributed by atoms with E-state index >= 15 is 0 Å². The molecule has 0 fully saturated rings. The number of thiazole rings is 1. The van der Waals surface area contributed by atoms with Gasteiger partial charge in [0.05, 0.1) is 26.7 Å². The molecule has 0 radical (unpaired) electrons. The normalized spacial score (nSPS) is 10.8. The Morgan fingerprint density at radius 3 is 2.53 bits per heavy atom. The van der Waals surface area contributed by atoms with Gasteiger partial charge in [0.2, 0.25) is 11.8 Å². The number of nitrogens with one attached hydrogen (secondary N) is 2. The summed E-state index contributed by atoms with van der Waals surface area (Å²) >= 11 is 8.94. The van der Waals surface area contributed by atoms with Crippen molar-refractivity contribution in [2.45, 2.75) is 17.2 Å². The van der Waals surface area contributed by atoms with Crippen molar-refractivity contribution < 1.29 is 9.59 Å². The van der Waals surface area contributed by atoms with E-state index in [4.69, 9.17) is 11.6 Å². The summed E-state index contributed by atoms with van der Waals surface area (Å²) < 4.78 is 1.75. The monoisotopic (exact) mass is 481 g/mol. The van der Waals surface area contributed by atoms with E-state index in [-0.39, 0.29) is 17.6 Å². The summed E-state index contributed by atoms with van der Waals surface area (Å²) in [5.74, 6) is 0.0611. The van der Waals surface area contributed by atoms with Crippen LogP contribution in [0.4, 0.5) is 11.4 Å². The molecule has 3 aromatic carbocycles. The van der Waals surface area contributed by atoms with Crippen LogP contribution >= 0.6 is 34.7 Å². The van der Waals surface area contributed by atoms with Gasteiger partial charge in [0, 0.05) is 12.1 Å². The number of aromatic nitrogens is 1. The van der Waals surface area contributed by atoms with Gasteiger partial charge in [-0.25, -0.2) is 4.98 Å². The van der Waals surface area contributed by atoms with Crippen molar-refractivity contribution in [1.29, 1.82) is 0 Å². The quantitative estimate of drug-likeness (QED) is 0.292. The number of carbonyl (C=O) groups is 2. The summed E-state index contributed by atoms with van der Waals surface area (Å²) in [5, 5.41) is 6.26. The second-order valence-corrected chi connectivity index (χ2v) is 9.67. The van der Waals surface area contributed by atoms with Crippen molar-refractivity contribution in [2.75, 3.05) is 16.4 Å². The molecule has 1 aromatic heterocycles. The summed E-state index contributed by atoms with van der Waals surface area (Å²) in [7, 11) is 0. The molecule has 0 unspecified atom stereocenters. The first-order valence-electron chi connectivity index (χ1n) is 9.98. The van der Waals surface area contributed by atoms with Crippen LogP contribution in [-0.2, 0) is 16.0 Å². The smallest absolute Gasteiger partial charge is 0.234 e. The number of amides is 2. The van der Waals surface area contributed by atoms with Crippen LogP contribution in [0.2, 0.25) is 5.02 Å². The Kier molecular flexibility index (Phi) is 7.42. The number of rotatable bonds is 8. The maximum atomic E-state index is 12.3. The number of thioether (sulfide) groups is 1. The van der Waals surface area contributed by atoms with Gasteiger partial charge in [-0.05, 0) is 42.3 Å².